The summed E-state index contributed by atoms with van der Waals surface area (Å²) >= 11 is 0. The standard InChI is InChI=1S/C26H28F2N4O4/c1-26(2,36)15-8-10-31(12-15)11-14-7-9-29-23(21(14)27)17-4-3-16-18(22(17)28)13-32(25(16)35)19-5-6-20(33)30-24(19)34/h3-4,7,9,15,19,36H,5-6,8,10-13H2,1-2H3,(H,30,33,34). The third kappa shape index (κ3) is 4.28. The van der Waals surface area contributed by atoms with Crippen LogP contribution in [0, 0.1) is 17.6 Å². The molecule has 190 valence electrons. The highest BCUT2D eigenvalue weighted by Crippen LogP contribution is 2.35. The maximum Gasteiger partial charge on any atom is 0.255 e. The fourth-order valence-electron chi connectivity index (χ4n) is 5.37. The van der Waals surface area contributed by atoms with E-state index in [1.165, 1.54) is 23.2 Å². The minimum atomic E-state index is -0.864. The Morgan fingerprint density at radius 2 is 1.86 bits per heavy atom. The van der Waals surface area contributed by atoms with Crippen LogP contribution in [0.3, 0.4) is 0 Å². The highest BCUT2D eigenvalue weighted by atomic mass is 19.1. The summed E-state index contributed by atoms with van der Waals surface area (Å²) in [5.74, 6) is -2.78. The van der Waals surface area contributed by atoms with E-state index in [9.17, 15) is 19.5 Å². The number of fused-ring (bicyclic) bond motifs is 1. The van der Waals surface area contributed by atoms with E-state index < -0.39 is 41.0 Å². The van der Waals surface area contributed by atoms with E-state index >= 15 is 8.78 Å². The van der Waals surface area contributed by atoms with Crippen molar-refractivity contribution < 1.29 is 28.3 Å². The zero-order valence-corrected chi connectivity index (χ0v) is 20.2. The van der Waals surface area contributed by atoms with E-state index in [-0.39, 0.29) is 47.7 Å². The van der Waals surface area contributed by atoms with Crippen LogP contribution in [-0.4, -0.2) is 62.3 Å². The Hall–Kier alpha value is -3.24. The molecule has 0 radical (unpaired) electrons. The number of amides is 3. The van der Waals surface area contributed by atoms with Gasteiger partial charge in [-0.2, -0.15) is 0 Å². The number of benzene rings is 1. The Kier molecular flexibility index (Phi) is 6.12. The predicted octanol–water partition coefficient (Wildman–Crippen LogP) is 2.38. The largest absolute Gasteiger partial charge is 0.390 e. The first-order valence-electron chi connectivity index (χ1n) is 12.1. The number of rotatable bonds is 5. The number of carbonyl (C=O) groups excluding carboxylic acids is 3. The minimum absolute atomic E-state index is 0.0539. The monoisotopic (exact) mass is 498 g/mol. The van der Waals surface area contributed by atoms with Crippen LogP contribution in [0.4, 0.5) is 8.78 Å². The zero-order chi connectivity index (χ0) is 25.8. The van der Waals surface area contributed by atoms with Crippen LogP contribution in [0.15, 0.2) is 24.4 Å². The molecule has 2 N–H and O–H groups in total. The first kappa shape index (κ1) is 24.5. The van der Waals surface area contributed by atoms with Gasteiger partial charge in [0.25, 0.3) is 5.91 Å². The molecule has 5 rings (SSSR count). The Bertz CT molecular complexity index is 1260. The van der Waals surface area contributed by atoms with E-state index in [1.807, 2.05) is 0 Å². The number of pyridine rings is 1. The number of nitrogens with one attached hydrogen (secondary N) is 1. The second-order valence-electron chi connectivity index (χ2n) is 10.4. The molecule has 3 aliphatic heterocycles. The van der Waals surface area contributed by atoms with Gasteiger partial charge in [-0.3, -0.25) is 29.6 Å². The molecule has 2 atom stereocenters. The van der Waals surface area contributed by atoms with Crippen LogP contribution >= 0.6 is 0 Å². The lowest BCUT2D eigenvalue weighted by molar-refractivity contribution is -0.136. The summed E-state index contributed by atoms with van der Waals surface area (Å²) in [5.41, 5.74) is -0.436. The lowest BCUT2D eigenvalue weighted by atomic mass is 9.90. The average molecular weight is 499 g/mol. The smallest absolute Gasteiger partial charge is 0.255 e. The normalized spacial score (nSPS) is 22.8. The maximum absolute atomic E-state index is 15.7. The molecule has 3 aliphatic rings. The third-order valence-corrected chi connectivity index (χ3v) is 7.54. The molecule has 1 aromatic carbocycles. The predicted molar refractivity (Wildman–Crippen MR) is 125 cm³/mol. The van der Waals surface area contributed by atoms with Gasteiger partial charge in [0.05, 0.1) is 12.1 Å². The number of nitrogens with zero attached hydrogens (tertiary/aromatic N) is 3. The molecule has 2 fully saturated rings. The Morgan fingerprint density at radius 1 is 1.11 bits per heavy atom. The number of aliphatic hydroxyl groups is 1. The van der Waals surface area contributed by atoms with Crippen molar-refractivity contribution in [2.24, 2.45) is 5.92 Å². The van der Waals surface area contributed by atoms with Crippen molar-refractivity contribution in [2.75, 3.05) is 13.1 Å². The molecule has 2 aromatic rings. The van der Waals surface area contributed by atoms with Crippen molar-refractivity contribution in [1.82, 2.24) is 20.1 Å². The van der Waals surface area contributed by atoms with Crippen molar-refractivity contribution in [3.63, 3.8) is 0 Å². The molecule has 0 saturated carbocycles. The molecule has 0 spiro atoms. The first-order valence-corrected chi connectivity index (χ1v) is 12.1. The van der Waals surface area contributed by atoms with E-state index in [2.05, 4.69) is 15.2 Å². The van der Waals surface area contributed by atoms with Crippen LogP contribution in [0.25, 0.3) is 11.3 Å². The summed E-state index contributed by atoms with van der Waals surface area (Å²) in [6, 6.07) is 3.48. The van der Waals surface area contributed by atoms with Crippen molar-refractivity contribution in [3.05, 3.63) is 52.7 Å². The molecule has 4 heterocycles. The Balaban J connectivity index is 1.39. The number of aromatic nitrogens is 1. The lowest BCUT2D eigenvalue weighted by Crippen LogP contribution is -2.52. The fourth-order valence-corrected chi connectivity index (χ4v) is 5.37. The van der Waals surface area contributed by atoms with Crippen molar-refractivity contribution in [1.29, 1.82) is 0 Å². The summed E-state index contributed by atoms with van der Waals surface area (Å²) in [5, 5.41) is 12.5. The Labute approximate surface area is 207 Å². The number of hydrogen-bond donors (Lipinski definition) is 2. The van der Waals surface area contributed by atoms with Gasteiger partial charge in [0.2, 0.25) is 11.8 Å². The fraction of sp³-hybridized carbons (Fsp3) is 0.462. The van der Waals surface area contributed by atoms with E-state index in [4.69, 9.17) is 0 Å². The van der Waals surface area contributed by atoms with E-state index in [0.29, 0.717) is 18.7 Å². The number of carbonyl (C=O) groups is 3. The van der Waals surface area contributed by atoms with Gasteiger partial charge in [-0.25, -0.2) is 8.78 Å². The van der Waals surface area contributed by atoms with Gasteiger partial charge in [-0.15, -0.1) is 0 Å². The summed E-state index contributed by atoms with van der Waals surface area (Å²) in [7, 11) is 0. The number of hydrogen-bond acceptors (Lipinski definition) is 6. The molecule has 2 saturated heterocycles. The van der Waals surface area contributed by atoms with E-state index in [0.717, 1.165) is 13.0 Å². The van der Waals surface area contributed by atoms with Crippen LogP contribution in [0.1, 0.15) is 54.6 Å². The van der Waals surface area contributed by atoms with Crippen molar-refractivity contribution >= 4 is 17.7 Å². The van der Waals surface area contributed by atoms with Crippen LogP contribution in [0.2, 0.25) is 0 Å². The molecule has 0 aliphatic carbocycles. The number of piperidine rings is 1. The highest BCUT2D eigenvalue weighted by Gasteiger charge is 2.41. The molecule has 2 unspecified atom stereocenters. The molecule has 36 heavy (non-hydrogen) atoms. The number of imide groups is 1. The van der Waals surface area contributed by atoms with Crippen molar-refractivity contribution in [3.8, 4) is 11.3 Å². The van der Waals surface area contributed by atoms with Gasteiger partial charge in [-0.1, -0.05) is 0 Å². The highest BCUT2D eigenvalue weighted by molar-refractivity contribution is 6.05. The molecule has 10 heteroatoms. The molecule has 3 amide bonds. The lowest BCUT2D eigenvalue weighted by Gasteiger charge is -2.29. The van der Waals surface area contributed by atoms with Crippen molar-refractivity contribution in [2.45, 2.75) is 57.8 Å². The van der Waals surface area contributed by atoms with Gasteiger partial charge >= 0.3 is 0 Å². The van der Waals surface area contributed by atoms with E-state index in [1.54, 1.807) is 19.9 Å². The molecular weight excluding hydrogens is 470 g/mol. The summed E-state index contributed by atoms with van der Waals surface area (Å²) in [6.45, 7) is 5.06. The summed E-state index contributed by atoms with van der Waals surface area (Å²) in [4.78, 5) is 44.1. The topological polar surface area (TPSA) is 103 Å². The summed E-state index contributed by atoms with van der Waals surface area (Å²) in [6.07, 6.45) is 2.51. The maximum atomic E-state index is 15.7. The number of likely N-dealkylation sites (tertiary alicyclic amines) is 1. The van der Waals surface area contributed by atoms with Gasteiger partial charge in [0.1, 0.15) is 17.6 Å². The van der Waals surface area contributed by atoms with Gasteiger partial charge in [0, 0.05) is 53.9 Å². The SMILES string of the molecule is CC(C)(O)C1CCN(Cc2ccnc(-c3ccc4c(c3F)CN(C3CCC(=O)NC3=O)C4=O)c2F)C1. The molecule has 8 nitrogen and oxygen atoms in total. The van der Waals surface area contributed by atoms with Crippen LogP contribution in [0.5, 0.6) is 0 Å². The Morgan fingerprint density at radius 3 is 2.56 bits per heavy atom. The zero-order valence-electron chi connectivity index (χ0n) is 20.2. The van der Waals surface area contributed by atoms with Crippen LogP contribution in [-0.2, 0) is 22.7 Å². The molecule has 0 bridgehead atoms. The quantitative estimate of drug-likeness (QED) is 0.614. The second-order valence-corrected chi connectivity index (χ2v) is 10.4. The van der Waals surface area contributed by atoms with Gasteiger partial charge in [-0.05, 0) is 51.4 Å². The summed E-state index contributed by atoms with van der Waals surface area (Å²) < 4.78 is 31.2. The third-order valence-electron chi connectivity index (χ3n) is 7.54. The minimum Gasteiger partial charge on any atom is -0.390 e. The average Bonchev–Trinajstić information content (AvgIpc) is 3.42. The van der Waals surface area contributed by atoms with Gasteiger partial charge in [0.15, 0.2) is 5.82 Å². The van der Waals surface area contributed by atoms with Gasteiger partial charge < -0.3 is 10.0 Å². The number of halogens is 2. The molecular formula is C26H28F2N4O4. The molecule has 1 aromatic heterocycles. The second kappa shape index (κ2) is 9.01. The first-order chi connectivity index (χ1) is 17.0. The van der Waals surface area contributed by atoms with Crippen LogP contribution < -0.4 is 5.32 Å².